The van der Waals surface area contributed by atoms with E-state index in [0.717, 1.165) is 72.2 Å². The highest BCUT2D eigenvalue weighted by Crippen LogP contribution is 2.65. The van der Waals surface area contributed by atoms with E-state index in [4.69, 9.17) is 16.5 Å². The summed E-state index contributed by atoms with van der Waals surface area (Å²) in [6, 6.07) is 108. The van der Waals surface area contributed by atoms with Crippen LogP contribution in [0.5, 0.6) is 0 Å². The largest absolute Gasteiger partial charge is 0.238 e. The number of nitrogens with zero attached hydrogens (tertiary/aromatic N) is 4. The first-order valence-corrected chi connectivity index (χ1v) is 30.0. The lowest BCUT2D eigenvalue weighted by Crippen LogP contribution is -2.25. The lowest BCUT2D eigenvalue weighted by molar-refractivity contribution is 0.794. The Kier molecular flexibility index (Phi) is 10.6. The fourth-order valence-electron chi connectivity index (χ4n) is 15.8. The Bertz CT molecular complexity index is 5300. The molecule has 18 rings (SSSR count). The maximum atomic E-state index is 10.1. The fourth-order valence-corrected chi connectivity index (χ4v) is 15.8. The van der Waals surface area contributed by atoms with Gasteiger partial charge in [-0.25, -0.2) is 14.8 Å². The Hall–Kier alpha value is -11.8. The summed E-state index contributed by atoms with van der Waals surface area (Å²) < 4.78 is 0. The molecule has 0 radical (unpaired) electrons. The third-order valence-electron chi connectivity index (χ3n) is 19.4. The minimum atomic E-state index is -0.565. The molecule has 2 spiro atoms. The highest BCUT2D eigenvalue weighted by molar-refractivity contribution is 6.07. The average Bonchev–Trinajstić information content (AvgIpc) is 1.53. The number of hydrogen-bond acceptors (Lipinski definition) is 3. The minimum absolute atomic E-state index is 0.533. The van der Waals surface area contributed by atoms with Crippen molar-refractivity contribution in [3.8, 4) is 118 Å². The first-order chi connectivity index (χ1) is 43.5. The minimum Gasteiger partial charge on any atom is -0.238 e. The van der Waals surface area contributed by atoms with Gasteiger partial charge >= 0.3 is 0 Å². The van der Waals surface area contributed by atoms with E-state index in [9.17, 15) is 5.26 Å². The fraction of sp³-hybridized carbons (Fsp3) is 0.0238. The zero-order chi connectivity index (χ0) is 58.2. The molecule has 0 aliphatic heterocycles. The van der Waals surface area contributed by atoms with Crippen LogP contribution in [0.4, 0.5) is 5.69 Å². The topological polar surface area (TPSA) is 53.9 Å². The number of rotatable bonds is 6. The van der Waals surface area contributed by atoms with Crippen molar-refractivity contribution in [2.24, 2.45) is 0 Å². The quantitative estimate of drug-likeness (QED) is 0.156. The first-order valence-electron chi connectivity index (χ1n) is 30.0. The Morgan fingerprint density at radius 3 is 1.16 bits per heavy atom. The maximum absolute atomic E-state index is 10.1. The summed E-state index contributed by atoms with van der Waals surface area (Å²) in [5.41, 5.74) is 31.6. The van der Waals surface area contributed by atoms with Crippen LogP contribution in [-0.4, -0.2) is 9.97 Å². The number of aromatic nitrogens is 2. The maximum Gasteiger partial charge on any atom is 0.194 e. The monoisotopic (exact) mass is 1110 g/mol. The highest BCUT2D eigenvalue weighted by Gasteiger charge is 2.53. The zero-order valence-electron chi connectivity index (χ0n) is 47.5. The smallest absolute Gasteiger partial charge is 0.194 e. The van der Waals surface area contributed by atoms with Gasteiger partial charge < -0.3 is 0 Å². The zero-order valence-corrected chi connectivity index (χ0v) is 47.5. The van der Waals surface area contributed by atoms with Crippen LogP contribution in [0.25, 0.3) is 127 Å². The predicted molar refractivity (Wildman–Crippen MR) is 356 cm³/mol. The lowest BCUT2D eigenvalue weighted by atomic mass is 9.70. The van der Waals surface area contributed by atoms with Crippen molar-refractivity contribution in [2.75, 3.05) is 0 Å². The van der Waals surface area contributed by atoms with E-state index in [1.807, 2.05) is 48.5 Å². The van der Waals surface area contributed by atoms with E-state index in [1.165, 1.54) is 89.0 Å². The van der Waals surface area contributed by atoms with E-state index in [-0.39, 0.29) is 0 Å². The van der Waals surface area contributed by atoms with Crippen LogP contribution < -0.4 is 0 Å². The van der Waals surface area contributed by atoms with Gasteiger partial charge in [-0.15, -0.1) is 0 Å². The molecule has 0 fully saturated rings. The number of nitriles is 1. The summed E-state index contributed by atoms with van der Waals surface area (Å²) in [6.07, 6.45) is 0. The van der Waals surface area contributed by atoms with Crippen LogP contribution in [0.15, 0.2) is 291 Å². The second-order valence-electron chi connectivity index (χ2n) is 23.6. The van der Waals surface area contributed by atoms with E-state index in [2.05, 4.69) is 254 Å². The van der Waals surface area contributed by atoms with Gasteiger partial charge in [0, 0.05) is 22.1 Å². The van der Waals surface area contributed by atoms with Crippen LogP contribution >= 0.6 is 0 Å². The van der Waals surface area contributed by atoms with Crippen LogP contribution in [0.1, 0.15) is 50.1 Å². The first kappa shape index (κ1) is 49.6. The molecule has 4 heteroatoms. The molecule has 0 unspecified atom stereocenters. The average molecular weight is 1110 g/mol. The van der Waals surface area contributed by atoms with E-state index < -0.39 is 10.8 Å². The van der Waals surface area contributed by atoms with Gasteiger partial charge in [0.25, 0.3) is 0 Å². The number of fused-ring (bicyclic) bond motifs is 21. The van der Waals surface area contributed by atoms with E-state index in [1.54, 1.807) is 0 Å². The third kappa shape index (κ3) is 6.77. The molecule has 4 aliphatic rings. The normalized spacial score (nSPS) is 13.4. The number of hydrogen-bond donors (Lipinski definition) is 0. The molecule has 1 aromatic heterocycles. The summed E-state index contributed by atoms with van der Waals surface area (Å²) >= 11 is 0. The van der Waals surface area contributed by atoms with Crippen molar-refractivity contribution in [1.82, 2.24) is 9.97 Å². The molecule has 4 aliphatic carbocycles. The van der Waals surface area contributed by atoms with Gasteiger partial charge in [0.05, 0.1) is 40.2 Å². The summed E-state index contributed by atoms with van der Waals surface area (Å²) in [4.78, 5) is 15.3. The van der Waals surface area contributed by atoms with Crippen LogP contribution in [0, 0.1) is 17.9 Å². The summed E-state index contributed by atoms with van der Waals surface area (Å²) in [7, 11) is 0. The van der Waals surface area contributed by atoms with Crippen LogP contribution in [0.2, 0.25) is 0 Å². The Balaban J connectivity index is 0.920. The molecule has 0 atom stereocenters. The summed E-state index contributed by atoms with van der Waals surface area (Å²) in [5, 5.41) is 11.0. The molecule has 404 valence electrons. The van der Waals surface area contributed by atoms with Crippen molar-refractivity contribution in [1.29, 1.82) is 5.26 Å². The standard InChI is InChI=1S/C84H48N4/c1-86-79-33-17-10-20-60(79)52-34-38-53(39-35-52)80-70-47-58(55-42-44-67-65-25-8-15-31-75(65)83(77(67)48-55)71-27-11-4-21-61(71)62-22-5-12-28-72(62)83)46-69(81(70)88-82(87-80)54-40-36-51(37-41-54)59-19-3-2-18-57(59)50-85)56-43-45-68-66-26-9-16-32-76(66)84(78(68)49-56)73-29-13-6-23-63(73)64-24-7-14-30-74(64)84/h2-49H. The number of para-hydroxylation sites is 1. The highest BCUT2D eigenvalue weighted by atomic mass is 14.9. The molecule has 88 heavy (non-hydrogen) atoms. The summed E-state index contributed by atoms with van der Waals surface area (Å²) in [6.45, 7) is 8.04. The van der Waals surface area contributed by atoms with Gasteiger partial charge in [0.1, 0.15) is 0 Å². The molecule has 0 saturated heterocycles. The van der Waals surface area contributed by atoms with Crippen molar-refractivity contribution in [3.05, 3.63) is 353 Å². The van der Waals surface area contributed by atoms with Gasteiger partial charge in [-0.3, -0.25) is 0 Å². The molecule has 14 aromatic rings. The molecular weight excluding hydrogens is 1060 g/mol. The third-order valence-corrected chi connectivity index (χ3v) is 19.4. The van der Waals surface area contributed by atoms with Gasteiger partial charge in [-0.2, -0.15) is 5.26 Å². The predicted octanol–water partition coefficient (Wildman–Crippen LogP) is 20.7. The molecule has 0 saturated carbocycles. The van der Waals surface area contributed by atoms with Crippen molar-refractivity contribution >= 4 is 16.6 Å². The van der Waals surface area contributed by atoms with Crippen LogP contribution in [-0.2, 0) is 10.8 Å². The van der Waals surface area contributed by atoms with E-state index >= 15 is 0 Å². The van der Waals surface area contributed by atoms with Gasteiger partial charge in [-0.1, -0.05) is 261 Å². The summed E-state index contributed by atoms with van der Waals surface area (Å²) in [5.74, 6) is 0.582. The molecule has 0 N–H and O–H groups in total. The van der Waals surface area contributed by atoms with Crippen molar-refractivity contribution in [2.45, 2.75) is 10.8 Å². The van der Waals surface area contributed by atoms with E-state index in [0.29, 0.717) is 17.1 Å². The van der Waals surface area contributed by atoms with Crippen molar-refractivity contribution < 1.29 is 0 Å². The van der Waals surface area contributed by atoms with Gasteiger partial charge in [0.2, 0.25) is 0 Å². The SMILES string of the molecule is [C-]#[N+]c1ccccc1-c1ccc(-c2nc(-c3ccc(-c4ccccc4C#N)cc3)nc3c(-c4ccc5c(c4)C4(c6ccccc6-c6ccccc64)c4ccccc4-5)cc(-c4ccc5c(c4)C4(c6ccccc6-c6ccccc64)c4ccccc4-5)cc23)cc1. The van der Waals surface area contributed by atoms with Gasteiger partial charge in [0.15, 0.2) is 11.5 Å². The molecule has 13 aromatic carbocycles. The molecule has 0 bridgehead atoms. The number of benzene rings is 13. The molecule has 4 nitrogen and oxygen atoms in total. The molecule has 0 amide bonds. The van der Waals surface area contributed by atoms with Crippen LogP contribution in [0.3, 0.4) is 0 Å². The Morgan fingerprint density at radius 1 is 0.295 bits per heavy atom. The molecule has 1 heterocycles. The Labute approximate surface area is 510 Å². The lowest BCUT2D eigenvalue weighted by Gasteiger charge is -2.31. The second-order valence-corrected chi connectivity index (χ2v) is 23.6. The second kappa shape index (κ2) is 18.8. The van der Waals surface area contributed by atoms with Crippen molar-refractivity contribution in [3.63, 3.8) is 0 Å². The van der Waals surface area contributed by atoms with Gasteiger partial charge in [-0.05, 0) is 158 Å². The molecular formula is C84H48N4. The Morgan fingerprint density at radius 2 is 0.670 bits per heavy atom.